The number of ether oxygens (including phenoxy) is 1. The lowest BCUT2D eigenvalue weighted by Gasteiger charge is -2.35. The molecule has 0 bridgehead atoms. The van der Waals surface area contributed by atoms with E-state index in [2.05, 4.69) is 24.1 Å². The first-order valence-corrected chi connectivity index (χ1v) is 7.52. The first-order chi connectivity index (χ1) is 10.5. The summed E-state index contributed by atoms with van der Waals surface area (Å²) in [4.78, 5) is 14.2. The maximum absolute atomic E-state index is 13.5. The van der Waals surface area contributed by atoms with Crippen molar-refractivity contribution in [2.45, 2.75) is 39.0 Å². The molecule has 1 amide bonds. The Morgan fingerprint density at radius 3 is 2.91 bits per heavy atom. The van der Waals surface area contributed by atoms with Gasteiger partial charge in [0.25, 0.3) is 0 Å². The number of nitrogens with zero attached hydrogens (tertiary/aromatic N) is 1. The highest BCUT2D eigenvalue weighted by molar-refractivity contribution is 5.76. The molecule has 0 radical (unpaired) electrons. The third-order valence-corrected chi connectivity index (χ3v) is 3.80. The van der Waals surface area contributed by atoms with Gasteiger partial charge in [-0.15, -0.1) is 0 Å². The molecule has 1 aromatic rings. The fraction of sp³-hybridized carbons (Fsp3) is 0.562. The van der Waals surface area contributed by atoms with Crippen LogP contribution in [0.1, 0.15) is 25.8 Å². The number of carbonyl (C=O) groups excluding carboxylic acids is 1. The zero-order valence-electron chi connectivity index (χ0n) is 12.9. The predicted octanol–water partition coefficient (Wildman–Crippen LogP) is 2.08. The molecule has 1 heterocycles. The summed E-state index contributed by atoms with van der Waals surface area (Å²) < 4.78 is 31.9. The minimum Gasteiger partial charge on any atom is -0.375 e. The van der Waals surface area contributed by atoms with Gasteiger partial charge in [0.2, 0.25) is 5.91 Å². The molecule has 22 heavy (non-hydrogen) atoms. The number of halogens is 2. The standard InChI is InChI=1S/C16H22F2N2O2/c1-11(2)20-5-6-22-14(10-20)8-16(21)19-9-12-3-4-13(17)7-15(12)18/h3-4,7,11,14H,5-6,8-10H2,1-2H3,(H,19,21)/t14-/m1/s1. The Hall–Kier alpha value is -1.53. The fourth-order valence-electron chi connectivity index (χ4n) is 2.47. The van der Waals surface area contributed by atoms with Crippen molar-refractivity contribution in [3.8, 4) is 0 Å². The molecule has 0 aromatic heterocycles. The second kappa shape index (κ2) is 7.65. The van der Waals surface area contributed by atoms with Crippen molar-refractivity contribution in [3.63, 3.8) is 0 Å². The summed E-state index contributed by atoms with van der Waals surface area (Å²) in [7, 11) is 0. The molecule has 4 nitrogen and oxygen atoms in total. The van der Waals surface area contributed by atoms with Crippen molar-refractivity contribution >= 4 is 5.91 Å². The van der Waals surface area contributed by atoms with Crippen molar-refractivity contribution in [1.82, 2.24) is 10.2 Å². The topological polar surface area (TPSA) is 41.6 Å². The van der Waals surface area contributed by atoms with Crippen molar-refractivity contribution in [1.29, 1.82) is 0 Å². The average molecular weight is 312 g/mol. The smallest absolute Gasteiger partial charge is 0.222 e. The normalized spacial score (nSPS) is 19.4. The van der Waals surface area contributed by atoms with E-state index in [1.54, 1.807) is 0 Å². The molecule has 0 spiro atoms. The van der Waals surface area contributed by atoms with Gasteiger partial charge in [0, 0.05) is 37.3 Å². The van der Waals surface area contributed by atoms with Gasteiger partial charge in [-0.05, 0) is 19.9 Å². The van der Waals surface area contributed by atoms with Gasteiger partial charge >= 0.3 is 0 Å². The number of carbonyl (C=O) groups is 1. The van der Waals surface area contributed by atoms with Crippen molar-refractivity contribution in [3.05, 3.63) is 35.4 Å². The molecule has 1 saturated heterocycles. The summed E-state index contributed by atoms with van der Waals surface area (Å²) >= 11 is 0. The van der Waals surface area contributed by atoms with Crippen LogP contribution in [-0.4, -0.2) is 42.6 Å². The van der Waals surface area contributed by atoms with Crippen LogP contribution in [0.3, 0.4) is 0 Å². The summed E-state index contributed by atoms with van der Waals surface area (Å²) in [6.45, 7) is 6.47. The molecule has 0 aliphatic carbocycles. The van der Waals surface area contributed by atoms with Crippen LogP contribution in [0.25, 0.3) is 0 Å². The Bertz CT molecular complexity index is 523. The summed E-state index contributed by atoms with van der Waals surface area (Å²) in [6.07, 6.45) is 0.0979. The van der Waals surface area contributed by atoms with Gasteiger partial charge in [0.1, 0.15) is 11.6 Å². The maximum atomic E-state index is 13.5. The third kappa shape index (κ3) is 4.74. The molecule has 2 rings (SSSR count). The van der Waals surface area contributed by atoms with E-state index in [1.807, 2.05) is 0 Å². The Balaban J connectivity index is 1.80. The summed E-state index contributed by atoms with van der Waals surface area (Å²) in [5.74, 6) is -1.48. The van der Waals surface area contributed by atoms with E-state index in [4.69, 9.17) is 4.74 Å². The van der Waals surface area contributed by atoms with Gasteiger partial charge in [-0.3, -0.25) is 9.69 Å². The average Bonchev–Trinajstić information content (AvgIpc) is 2.46. The van der Waals surface area contributed by atoms with Gasteiger partial charge in [0.05, 0.1) is 19.1 Å². The molecule has 1 fully saturated rings. The minimum absolute atomic E-state index is 0.0472. The number of amides is 1. The van der Waals surface area contributed by atoms with Crippen molar-refractivity contribution in [2.24, 2.45) is 0 Å². The lowest BCUT2D eigenvalue weighted by atomic mass is 10.1. The van der Waals surface area contributed by atoms with Crippen LogP contribution < -0.4 is 5.32 Å². The Morgan fingerprint density at radius 1 is 1.45 bits per heavy atom. The molecule has 1 N–H and O–H groups in total. The van der Waals surface area contributed by atoms with Crippen LogP contribution in [0.2, 0.25) is 0 Å². The molecule has 122 valence electrons. The molecule has 0 unspecified atom stereocenters. The van der Waals surface area contributed by atoms with Crippen LogP contribution in [-0.2, 0) is 16.1 Å². The molecular weight excluding hydrogens is 290 g/mol. The van der Waals surface area contributed by atoms with E-state index in [0.717, 1.165) is 19.2 Å². The first-order valence-electron chi connectivity index (χ1n) is 7.52. The van der Waals surface area contributed by atoms with E-state index in [0.29, 0.717) is 12.6 Å². The first kappa shape index (κ1) is 16.8. The highest BCUT2D eigenvalue weighted by Gasteiger charge is 2.24. The van der Waals surface area contributed by atoms with E-state index >= 15 is 0 Å². The predicted molar refractivity (Wildman–Crippen MR) is 79.3 cm³/mol. The number of nitrogens with one attached hydrogen (secondary N) is 1. The van der Waals surface area contributed by atoms with E-state index < -0.39 is 11.6 Å². The van der Waals surface area contributed by atoms with Crippen LogP contribution in [0.4, 0.5) is 8.78 Å². The number of morpholine rings is 1. The van der Waals surface area contributed by atoms with E-state index in [1.165, 1.54) is 12.1 Å². The molecule has 1 aromatic carbocycles. The quantitative estimate of drug-likeness (QED) is 0.905. The van der Waals surface area contributed by atoms with Gasteiger partial charge in [-0.2, -0.15) is 0 Å². The monoisotopic (exact) mass is 312 g/mol. The highest BCUT2D eigenvalue weighted by atomic mass is 19.1. The van der Waals surface area contributed by atoms with Gasteiger partial charge in [0.15, 0.2) is 0 Å². The highest BCUT2D eigenvalue weighted by Crippen LogP contribution is 2.12. The number of rotatable bonds is 5. The number of hydrogen-bond acceptors (Lipinski definition) is 3. The largest absolute Gasteiger partial charge is 0.375 e. The molecular formula is C16H22F2N2O2. The number of hydrogen-bond donors (Lipinski definition) is 1. The Labute approximate surface area is 129 Å². The summed E-state index contributed by atoms with van der Waals surface area (Å²) in [5.41, 5.74) is 0.267. The Morgan fingerprint density at radius 2 is 2.23 bits per heavy atom. The lowest BCUT2D eigenvalue weighted by molar-refractivity contribution is -0.126. The molecule has 0 saturated carbocycles. The second-order valence-electron chi connectivity index (χ2n) is 5.80. The molecule has 1 atom stereocenters. The molecule has 6 heteroatoms. The van der Waals surface area contributed by atoms with Crippen LogP contribution in [0, 0.1) is 11.6 Å². The van der Waals surface area contributed by atoms with Gasteiger partial charge < -0.3 is 10.1 Å². The van der Waals surface area contributed by atoms with Gasteiger partial charge in [-0.25, -0.2) is 8.78 Å². The maximum Gasteiger partial charge on any atom is 0.222 e. The molecule has 1 aliphatic heterocycles. The minimum atomic E-state index is -0.653. The SMILES string of the molecule is CC(C)N1CCO[C@H](CC(=O)NCc2ccc(F)cc2F)C1. The number of benzene rings is 1. The van der Waals surface area contributed by atoms with E-state index in [-0.39, 0.29) is 30.5 Å². The van der Waals surface area contributed by atoms with Crippen LogP contribution >= 0.6 is 0 Å². The van der Waals surface area contributed by atoms with Crippen LogP contribution in [0.15, 0.2) is 18.2 Å². The summed E-state index contributed by atoms with van der Waals surface area (Å²) in [5, 5.41) is 2.65. The lowest BCUT2D eigenvalue weighted by Crippen LogP contribution is -2.47. The third-order valence-electron chi connectivity index (χ3n) is 3.80. The Kier molecular flexibility index (Phi) is 5.85. The molecule has 1 aliphatic rings. The second-order valence-corrected chi connectivity index (χ2v) is 5.80. The van der Waals surface area contributed by atoms with Crippen molar-refractivity contribution < 1.29 is 18.3 Å². The van der Waals surface area contributed by atoms with Crippen LogP contribution in [0.5, 0.6) is 0 Å². The van der Waals surface area contributed by atoms with E-state index in [9.17, 15) is 13.6 Å². The summed E-state index contributed by atoms with van der Waals surface area (Å²) in [6, 6.07) is 3.74. The fourth-order valence-corrected chi connectivity index (χ4v) is 2.47. The van der Waals surface area contributed by atoms with Crippen molar-refractivity contribution in [2.75, 3.05) is 19.7 Å². The zero-order chi connectivity index (χ0) is 16.1. The zero-order valence-corrected chi connectivity index (χ0v) is 12.9. The van der Waals surface area contributed by atoms with Gasteiger partial charge in [-0.1, -0.05) is 6.07 Å².